The minimum absolute atomic E-state index is 0.172. The minimum Gasteiger partial charge on any atom is -0.443 e. The van der Waals surface area contributed by atoms with E-state index in [2.05, 4.69) is 10.6 Å². The second-order valence-corrected chi connectivity index (χ2v) is 7.10. The minimum atomic E-state index is -0.512. The van der Waals surface area contributed by atoms with Gasteiger partial charge in [0, 0.05) is 18.3 Å². The molecule has 1 aromatic carbocycles. The van der Waals surface area contributed by atoms with Gasteiger partial charge >= 0.3 is 12.1 Å². The summed E-state index contributed by atoms with van der Waals surface area (Å²) in [5, 5.41) is 5.73. The second kappa shape index (κ2) is 5.76. The summed E-state index contributed by atoms with van der Waals surface area (Å²) in [4.78, 5) is 25.7. The van der Waals surface area contributed by atoms with Crippen LogP contribution in [0.4, 0.5) is 21.0 Å². The van der Waals surface area contributed by atoms with Crippen molar-refractivity contribution in [1.82, 2.24) is 5.32 Å². The summed E-state index contributed by atoms with van der Waals surface area (Å²) in [6, 6.07) is 5.75. The predicted octanol–water partition coefficient (Wildman–Crippen LogP) is 3.27. The van der Waals surface area contributed by atoms with Crippen molar-refractivity contribution < 1.29 is 14.3 Å². The van der Waals surface area contributed by atoms with Crippen molar-refractivity contribution in [3.63, 3.8) is 0 Å². The summed E-state index contributed by atoms with van der Waals surface area (Å²) in [6.07, 6.45) is 2.54. The quantitative estimate of drug-likeness (QED) is 0.879. The van der Waals surface area contributed by atoms with Crippen molar-refractivity contribution in [3.8, 4) is 0 Å². The first kappa shape index (κ1) is 15.6. The zero-order valence-electron chi connectivity index (χ0n) is 13.8. The summed E-state index contributed by atoms with van der Waals surface area (Å²) in [5.41, 5.74) is 2.13. The highest BCUT2D eigenvalue weighted by molar-refractivity contribution is 5.93. The van der Waals surface area contributed by atoms with Crippen molar-refractivity contribution in [1.29, 1.82) is 0 Å². The summed E-state index contributed by atoms with van der Waals surface area (Å²) in [6.45, 7) is 6.16. The van der Waals surface area contributed by atoms with Crippen LogP contribution in [0.5, 0.6) is 0 Å². The molecule has 1 heterocycles. The first-order valence-electron chi connectivity index (χ1n) is 8.03. The van der Waals surface area contributed by atoms with Gasteiger partial charge < -0.3 is 15.4 Å². The molecule has 1 fully saturated rings. The summed E-state index contributed by atoms with van der Waals surface area (Å²) in [5.74, 6) is 0. The maximum Gasteiger partial charge on any atom is 0.414 e. The fourth-order valence-electron chi connectivity index (χ4n) is 2.57. The SMILES string of the molecule is CC(C)(C)OC(=O)N1CCc2cc(NC(=O)NC3CC3)ccc21. The molecule has 23 heavy (non-hydrogen) atoms. The molecule has 0 bridgehead atoms. The maximum atomic E-state index is 12.2. The molecule has 6 nitrogen and oxygen atoms in total. The normalized spacial score (nSPS) is 16.7. The van der Waals surface area contributed by atoms with Crippen molar-refractivity contribution in [2.24, 2.45) is 0 Å². The third-order valence-corrected chi connectivity index (χ3v) is 3.76. The van der Waals surface area contributed by atoms with Crippen LogP contribution >= 0.6 is 0 Å². The average molecular weight is 317 g/mol. The molecule has 0 aromatic heterocycles. The lowest BCUT2D eigenvalue weighted by molar-refractivity contribution is 0.0584. The first-order valence-corrected chi connectivity index (χ1v) is 8.03. The fourth-order valence-corrected chi connectivity index (χ4v) is 2.57. The van der Waals surface area contributed by atoms with Crippen LogP contribution in [-0.4, -0.2) is 30.3 Å². The molecule has 0 atom stereocenters. The van der Waals surface area contributed by atoms with Crippen molar-refractivity contribution >= 4 is 23.5 Å². The Hall–Kier alpha value is -2.24. The zero-order valence-corrected chi connectivity index (χ0v) is 13.8. The van der Waals surface area contributed by atoms with E-state index in [9.17, 15) is 9.59 Å². The Bertz CT molecular complexity index is 632. The maximum absolute atomic E-state index is 12.2. The Labute approximate surface area is 136 Å². The number of ether oxygens (including phenoxy) is 1. The van der Waals surface area contributed by atoms with Gasteiger partial charge in [-0.05, 0) is 63.8 Å². The van der Waals surface area contributed by atoms with E-state index in [-0.39, 0.29) is 12.1 Å². The standard InChI is InChI=1S/C17H23N3O3/c1-17(2,3)23-16(22)20-9-8-11-10-13(6-7-14(11)20)19-15(21)18-12-4-5-12/h6-7,10,12H,4-5,8-9H2,1-3H3,(H2,18,19,21). The Morgan fingerprint density at radius 2 is 2.00 bits per heavy atom. The van der Waals surface area contributed by atoms with Gasteiger partial charge in [-0.1, -0.05) is 0 Å². The Balaban J connectivity index is 1.67. The van der Waals surface area contributed by atoms with Gasteiger partial charge in [-0.3, -0.25) is 4.90 Å². The molecule has 3 amide bonds. The van der Waals surface area contributed by atoms with Crippen LogP contribution in [0.2, 0.25) is 0 Å². The van der Waals surface area contributed by atoms with Crippen LogP contribution in [0.15, 0.2) is 18.2 Å². The zero-order chi connectivity index (χ0) is 16.6. The molecule has 1 aromatic rings. The fraction of sp³-hybridized carbons (Fsp3) is 0.529. The van der Waals surface area contributed by atoms with Gasteiger partial charge in [0.2, 0.25) is 0 Å². The molecule has 1 aliphatic carbocycles. The van der Waals surface area contributed by atoms with Gasteiger partial charge in [0.05, 0.1) is 5.69 Å². The molecule has 6 heteroatoms. The highest BCUT2D eigenvalue weighted by atomic mass is 16.6. The lowest BCUT2D eigenvalue weighted by atomic mass is 10.1. The lowest BCUT2D eigenvalue weighted by Gasteiger charge is -2.24. The number of rotatable bonds is 2. The van der Waals surface area contributed by atoms with Gasteiger partial charge in [-0.15, -0.1) is 0 Å². The van der Waals surface area contributed by atoms with E-state index in [0.29, 0.717) is 12.6 Å². The van der Waals surface area contributed by atoms with Gasteiger partial charge in [0.25, 0.3) is 0 Å². The number of nitrogens with zero attached hydrogens (tertiary/aromatic N) is 1. The van der Waals surface area contributed by atoms with Crippen LogP contribution in [0.3, 0.4) is 0 Å². The molecule has 0 unspecified atom stereocenters. The van der Waals surface area contributed by atoms with Crippen LogP contribution in [0.1, 0.15) is 39.2 Å². The molecule has 2 N–H and O–H groups in total. The van der Waals surface area contributed by atoms with E-state index in [1.807, 2.05) is 39.0 Å². The molecule has 0 spiro atoms. The molecule has 0 saturated heterocycles. The van der Waals surface area contributed by atoms with E-state index >= 15 is 0 Å². The van der Waals surface area contributed by atoms with E-state index in [1.54, 1.807) is 4.90 Å². The number of carbonyl (C=O) groups is 2. The van der Waals surface area contributed by atoms with E-state index in [1.165, 1.54) is 0 Å². The van der Waals surface area contributed by atoms with Crippen LogP contribution in [-0.2, 0) is 11.2 Å². The van der Waals surface area contributed by atoms with Crippen LogP contribution in [0, 0.1) is 0 Å². The number of urea groups is 1. The highest BCUT2D eigenvalue weighted by Crippen LogP contribution is 2.31. The molecular formula is C17H23N3O3. The first-order chi connectivity index (χ1) is 10.8. The number of anilines is 2. The summed E-state index contributed by atoms with van der Waals surface area (Å²) in [7, 11) is 0. The largest absolute Gasteiger partial charge is 0.443 e. The molecular weight excluding hydrogens is 294 g/mol. The molecule has 124 valence electrons. The number of carbonyl (C=O) groups excluding carboxylic acids is 2. The van der Waals surface area contributed by atoms with Gasteiger partial charge in [0.1, 0.15) is 5.60 Å². The highest BCUT2D eigenvalue weighted by Gasteiger charge is 2.29. The Kier molecular flexibility index (Phi) is 3.92. The van der Waals surface area contributed by atoms with E-state index in [0.717, 1.165) is 36.2 Å². The molecule has 0 radical (unpaired) electrons. The third-order valence-electron chi connectivity index (χ3n) is 3.76. The third kappa shape index (κ3) is 3.94. The van der Waals surface area contributed by atoms with Gasteiger partial charge in [0.15, 0.2) is 0 Å². The number of nitrogens with one attached hydrogen (secondary N) is 2. The summed E-state index contributed by atoms with van der Waals surface area (Å²) < 4.78 is 5.43. The monoisotopic (exact) mass is 317 g/mol. The molecule has 3 rings (SSSR count). The van der Waals surface area contributed by atoms with Gasteiger partial charge in [-0.25, -0.2) is 9.59 Å². The van der Waals surface area contributed by atoms with Crippen molar-refractivity contribution in [2.75, 3.05) is 16.8 Å². The molecule has 1 saturated carbocycles. The van der Waals surface area contributed by atoms with Crippen LogP contribution in [0.25, 0.3) is 0 Å². The van der Waals surface area contributed by atoms with Crippen LogP contribution < -0.4 is 15.5 Å². The summed E-state index contributed by atoms with van der Waals surface area (Å²) >= 11 is 0. The number of hydrogen-bond acceptors (Lipinski definition) is 3. The topological polar surface area (TPSA) is 70.7 Å². The Morgan fingerprint density at radius 1 is 1.26 bits per heavy atom. The number of benzene rings is 1. The number of fused-ring (bicyclic) bond motifs is 1. The van der Waals surface area contributed by atoms with Crippen molar-refractivity contribution in [2.45, 2.75) is 51.7 Å². The number of hydrogen-bond donors (Lipinski definition) is 2. The van der Waals surface area contributed by atoms with E-state index < -0.39 is 5.60 Å². The lowest BCUT2D eigenvalue weighted by Crippen LogP contribution is -2.35. The predicted molar refractivity (Wildman–Crippen MR) is 88.9 cm³/mol. The number of amides is 3. The average Bonchev–Trinajstić information content (AvgIpc) is 3.13. The van der Waals surface area contributed by atoms with Crippen molar-refractivity contribution in [3.05, 3.63) is 23.8 Å². The second-order valence-electron chi connectivity index (χ2n) is 7.10. The smallest absolute Gasteiger partial charge is 0.414 e. The Morgan fingerprint density at radius 3 is 2.65 bits per heavy atom. The van der Waals surface area contributed by atoms with Gasteiger partial charge in [-0.2, -0.15) is 0 Å². The molecule has 2 aliphatic rings. The molecule has 1 aliphatic heterocycles. The van der Waals surface area contributed by atoms with E-state index in [4.69, 9.17) is 4.74 Å².